The molecule has 4 nitrogen and oxygen atoms in total. The van der Waals surface area contributed by atoms with E-state index >= 15 is 0 Å². The Hall–Kier alpha value is -1.94. The number of phenols is 1. The number of halogens is 1. The van der Waals surface area contributed by atoms with Crippen LogP contribution in [0.4, 0.5) is 10.5 Å². The van der Waals surface area contributed by atoms with Crippen LogP contribution in [0.5, 0.6) is 5.75 Å². The van der Waals surface area contributed by atoms with Crippen molar-refractivity contribution in [3.8, 4) is 5.75 Å². The molecular formula is C18H20ClNO3. The van der Waals surface area contributed by atoms with Gasteiger partial charge in [-0.1, -0.05) is 24.3 Å². The largest absolute Gasteiger partial charge is 0.507 e. The van der Waals surface area contributed by atoms with Crippen LogP contribution in [0.15, 0.2) is 30.3 Å². The number of carbonyl (C=O) groups excluding carboxylic acids is 1. The number of alkyl halides is 1. The van der Waals surface area contributed by atoms with E-state index < -0.39 is 11.7 Å². The summed E-state index contributed by atoms with van der Waals surface area (Å²) >= 11 is 6.07. The fourth-order valence-electron chi connectivity index (χ4n) is 2.98. The van der Waals surface area contributed by atoms with E-state index in [1.807, 2.05) is 51.1 Å². The van der Waals surface area contributed by atoms with Crippen molar-refractivity contribution in [2.24, 2.45) is 0 Å². The second-order valence-electron chi connectivity index (χ2n) is 6.82. The zero-order valence-corrected chi connectivity index (χ0v) is 14.2. The number of ether oxygens (including phenoxy) is 1. The van der Waals surface area contributed by atoms with Crippen molar-refractivity contribution < 1.29 is 14.6 Å². The molecule has 1 aliphatic heterocycles. The van der Waals surface area contributed by atoms with Gasteiger partial charge in [-0.2, -0.15) is 0 Å². The van der Waals surface area contributed by atoms with E-state index in [2.05, 4.69) is 0 Å². The molecule has 3 rings (SSSR count). The lowest BCUT2D eigenvalue weighted by molar-refractivity contribution is 0.0582. The van der Waals surface area contributed by atoms with E-state index in [0.717, 1.165) is 16.3 Å². The summed E-state index contributed by atoms with van der Waals surface area (Å²) < 4.78 is 5.49. The minimum atomic E-state index is -0.574. The molecule has 1 N–H and O–H groups in total. The van der Waals surface area contributed by atoms with Crippen molar-refractivity contribution in [1.29, 1.82) is 0 Å². The Labute approximate surface area is 140 Å². The Morgan fingerprint density at radius 2 is 2.09 bits per heavy atom. The van der Waals surface area contributed by atoms with Gasteiger partial charge >= 0.3 is 6.09 Å². The molecule has 1 atom stereocenters. The van der Waals surface area contributed by atoms with Crippen molar-refractivity contribution in [2.45, 2.75) is 32.3 Å². The van der Waals surface area contributed by atoms with Gasteiger partial charge in [-0.3, -0.25) is 4.90 Å². The Morgan fingerprint density at radius 3 is 2.74 bits per heavy atom. The molecule has 0 fully saturated rings. The van der Waals surface area contributed by atoms with Gasteiger partial charge in [-0.05, 0) is 32.2 Å². The van der Waals surface area contributed by atoms with E-state index in [4.69, 9.17) is 16.3 Å². The van der Waals surface area contributed by atoms with Crippen LogP contribution in [0.2, 0.25) is 0 Å². The Morgan fingerprint density at radius 1 is 1.39 bits per heavy atom. The Kier molecular flexibility index (Phi) is 3.88. The lowest BCUT2D eigenvalue weighted by Crippen LogP contribution is -2.36. The third-order valence-electron chi connectivity index (χ3n) is 3.94. The zero-order valence-electron chi connectivity index (χ0n) is 13.5. The summed E-state index contributed by atoms with van der Waals surface area (Å²) in [6.07, 6.45) is -0.416. The molecule has 0 radical (unpaired) electrons. The minimum Gasteiger partial charge on any atom is -0.507 e. The van der Waals surface area contributed by atoms with Gasteiger partial charge < -0.3 is 9.84 Å². The van der Waals surface area contributed by atoms with Crippen molar-refractivity contribution in [3.05, 3.63) is 35.9 Å². The number of phenolic OH excluding ortho intramolecular Hbond substituents is 1. The van der Waals surface area contributed by atoms with Gasteiger partial charge in [0.25, 0.3) is 0 Å². The molecule has 2 aromatic rings. The van der Waals surface area contributed by atoms with E-state index in [0.29, 0.717) is 18.1 Å². The van der Waals surface area contributed by atoms with Crippen LogP contribution in [0.3, 0.4) is 0 Å². The molecule has 5 heteroatoms. The number of carbonyl (C=O) groups is 1. The van der Waals surface area contributed by atoms with Gasteiger partial charge in [-0.25, -0.2) is 4.79 Å². The minimum absolute atomic E-state index is 0.108. The third kappa shape index (κ3) is 2.83. The maximum Gasteiger partial charge on any atom is 0.414 e. The van der Waals surface area contributed by atoms with Crippen molar-refractivity contribution >= 4 is 34.2 Å². The zero-order chi connectivity index (χ0) is 16.8. The molecule has 2 aromatic carbocycles. The molecule has 1 amide bonds. The number of amides is 1. The van der Waals surface area contributed by atoms with E-state index in [1.165, 1.54) is 0 Å². The molecule has 0 spiro atoms. The summed E-state index contributed by atoms with van der Waals surface area (Å²) in [6.45, 7) is 5.91. The maximum atomic E-state index is 12.5. The molecule has 122 valence electrons. The van der Waals surface area contributed by atoms with E-state index in [9.17, 15) is 9.90 Å². The van der Waals surface area contributed by atoms with Crippen molar-refractivity contribution in [2.75, 3.05) is 17.3 Å². The first-order valence-electron chi connectivity index (χ1n) is 7.63. The summed E-state index contributed by atoms with van der Waals surface area (Å²) in [5, 5.41) is 12.3. The molecule has 1 heterocycles. The number of rotatable bonds is 1. The highest BCUT2D eigenvalue weighted by Crippen LogP contribution is 2.46. The van der Waals surface area contributed by atoms with Gasteiger partial charge in [0.15, 0.2) is 0 Å². The molecule has 1 aliphatic rings. The number of hydrogen-bond donors (Lipinski definition) is 1. The summed E-state index contributed by atoms with van der Waals surface area (Å²) in [7, 11) is 0. The maximum absolute atomic E-state index is 12.5. The number of nitrogens with zero attached hydrogens (tertiary/aromatic N) is 1. The number of aromatic hydroxyl groups is 1. The highest BCUT2D eigenvalue weighted by Gasteiger charge is 2.37. The molecule has 0 saturated heterocycles. The summed E-state index contributed by atoms with van der Waals surface area (Å²) in [5.41, 5.74) is 0.834. The topological polar surface area (TPSA) is 49.8 Å². The SMILES string of the molecule is CC(C)(C)OC(=O)N1CC(CCl)c2c1cc1ccccc1c2O. The molecule has 0 saturated carbocycles. The average molecular weight is 334 g/mol. The van der Waals surface area contributed by atoms with Crippen LogP contribution in [-0.4, -0.2) is 29.2 Å². The number of benzene rings is 2. The predicted octanol–water partition coefficient (Wildman–Crippen LogP) is 4.62. The predicted molar refractivity (Wildman–Crippen MR) is 92.7 cm³/mol. The first-order chi connectivity index (χ1) is 10.8. The van der Waals surface area contributed by atoms with Crippen LogP contribution in [0, 0.1) is 0 Å². The summed E-state index contributed by atoms with van der Waals surface area (Å²) in [5.74, 6) is 0.427. The normalized spacial score (nSPS) is 17.4. The lowest BCUT2D eigenvalue weighted by atomic mass is 9.97. The van der Waals surface area contributed by atoms with Crippen LogP contribution in [0.1, 0.15) is 32.3 Å². The van der Waals surface area contributed by atoms with Gasteiger partial charge in [0, 0.05) is 29.3 Å². The van der Waals surface area contributed by atoms with E-state index in [1.54, 1.807) is 4.90 Å². The quantitative estimate of drug-likeness (QED) is 0.774. The monoisotopic (exact) mass is 333 g/mol. The highest BCUT2D eigenvalue weighted by atomic mass is 35.5. The fourth-order valence-corrected chi connectivity index (χ4v) is 3.23. The summed E-state index contributed by atoms with van der Waals surface area (Å²) in [6, 6.07) is 9.48. The van der Waals surface area contributed by atoms with Gasteiger partial charge in [-0.15, -0.1) is 11.6 Å². The molecule has 23 heavy (non-hydrogen) atoms. The van der Waals surface area contributed by atoms with Crippen LogP contribution >= 0.6 is 11.6 Å². The Bertz CT molecular complexity index is 767. The summed E-state index contributed by atoms with van der Waals surface area (Å²) in [4.78, 5) is 14.1. The average Bonchev–Trinajstić information content (AvgIpc) is 2.85. The molecular weight excluding hydrogens is 314 g/mol. The smallest absolute Gasteiger partial charge is 0.414 e. The molecule has 0 aliphatic carbocycles. The molecule has 1 unspecified atom stereocenters. The van der Waals surface area contributed by atoms with Gasteiger partial charge in [0.2, 0.25) is 0 Å². The van der Waals surface area contributed by atoms with E-state index in [-0.39, 0.29) is 11.7 Å². The highest BCUT2D eigenvalue weighted by molar-refractivity contribution is 6.19. The molecule has 0 aromatic heterocycles. The molecule has 0 bridgehead atoms. The van der Waals surface area contributed by atoms with Crippen LogP contribution < -0.4 is 4.90 Å². The van der Waals surface area contributed by atoms with Crippen LogP contribution in [0.25, 0.3) is 10.8 Å². The van der Waals surface area contributed by atoms with Crippen molar-refractivity contribution in [3.63, 3.8) is 0 Å². The Balaban J connectivity index is 2.11. The first kappa shape index (κ1) is 15.9. The number of anilines is 1. The van der Waals surface area contributed by atoms with Crippen molar-refractivity contribution in [1.82, 2.24) is 0 Å². The lowest BCUT2D eigenvalue weighted by Gasteiger charge is -2.25. The van der Waals surface area contributed by atoms with Crippen LogP contribution in [-0.2, 0) is 4.74 Å². The number of fused-ring (bicyclic) bond motifs is 2. The second-order valence-corrected chi connectivity index (χ2v) is 7.13. The first-order valence-corrected chi connectivity index (χ1v) is 8.16. The standard InChI is InChI=1S/C18H20ClNO3/c1-18(2,3)23-17(22)20-10-12(9-19)15-14(20)8-11-6-4-5-7-13(11)16(15)21/h4-8,12,21H,9-10H2,1-3H3. The van der Waals surface area contributed by atoms with Gasteiger partial charge in [0.1, 0.15) is 11.4 Å². The fraction of sp³-hybridized carbons (Fsp3) is 0.389. The number of hydrogen-bond acceptors (Lipinski definition) is 3. The third-order valence-corrected chi connectivity index (χ3v) is 4.31. The van der Waals surface area contributed by atoms with Gasteiger partial charge in [0.05, 0.1) is 5.69 Å². The second kappa shape index (κ2) is 5.60.